The summed E-state index contributed by atoms with van der Waals surface area (Å²) in [5.41, 5.74) is -0.291. The molecule has 0 saturated carbocycles. The minimum absolute atomic E-state index is 0.194. The standard InChI is InChI=1S/C16H22N2O6/c1-16(2,3)18-15(21)17-13(19)9-24-14(20)10-6-7-11(22-4)12(8-10)23-5/h6-8H,9H2,1-5H3,(H2,17,18,19,21). The average Bonchev–Trinajstić information content (AvgIpc) is 2.49. The van der Waals surface area contributed by atoms with E-state index in [0.29, 0.717) is 11.5 Å². The highest BCUT2D eigenvalue weighted by Crippen LogP contribution is 2.27. The summed E-state index contributed by atoms with van der Waals surface area (Å²) in [7, 11) is 2.91. The molecule has 1 aromatic rings. The fourth-order valence-electron chi connectivity index (χ4n) is 1.71. The molecule has 0 radical (unpaired) electrons. The summed E-state index contributed by atoms with van der Waals surface area (Å²) in [6, 6.07) is 3.81. The molecule has 2 N–H and O–H groups in total. The number of amides is 3. The highest BCUT2D eigenvalue weighted by atomic mass is 16.5. The molecule has 132 valence electrons. The first-order valence-electron chi connectivity index (χ1n) is 7.17. The minimum Gasteiger partial charge on any atom is -0.493 e. The lowest BCUT2D eigenvalue weighted by Crippen LogP contribution is -2.49. The van der Waals surface area contributed by atoms with Gasteiger partial charge >= 0.3 is 12.0 Å². The summed E-state index contributed by atoms with van der Waals surface area (Å²) in [5.74, 6) is -0.625. The second kappa shape index (κ2) is 8.19. The Bertz CT molecular complexity index is 621. The first-order valence-corrected chi connectivity index (χ1v) is 7.17. The van der Waals surface area contributed by atoms with Gasteiger partial charge in [0.1, 0.15) is 0 Å². The van der Waals surface area contributed by atoms with Crippen molar-refractivity contribution in [2.24, 2.45) is 0 Å². The van der Waals surface area contributed by atoms with Crippen LogP contribution >= 0.6 is 0 Å². The number of esters is 1. The maximum atomic E-state index is 11.9. The number of imide groups is 1. The van der Waals surface area contributed by atoms with Crippen molar-refractivity contribution in [1.82, 2.24) is 10.6 Å². The Labute approximate surface area is 140 Å². The molecule has 3 amide bonds. The third-order valence-corrected chi connectivity index (χ3v) is 2.70. The van der Waals surface area contributed by atoms with Gasteiger partial charge in [-0.05, 0) is 39.0 Å². The Hall–Kier alpha value is -2.77. The molecule has 0 atom stereocenters. The molecule has 0 spiro atoms. The summed E-state index contributed by atoms with van der Waals surface area (Å²) in [6.45, 7) is 4.74. The fraction of sp³-hybridized carbons (Fsp3) is 0.438. The van der Waals surface area contributed by atoms with Gasteiger partial charge in [0, 0.05) is 5.54 Å². The minimum atomic E-state index is -0.731. The van der Waals surface area contributed by atoms with Crippen molar-refractivity contribution >= 4 is 17.9 Å². The fourth-order valence-corrected chi connectivity index (χ4v) is 1.71. The van der Waals surface area contributed by atoms with Crippen LogP contribution in [-0.2, 0) is 9.53 Å². The van der Waals surface area contributed by atoms with E-state index < -0.39 is 30.1 Å². The van der Waals surface area contributed by atoms with E-state index in [2.05, 4.69) is 10.6 Å². The largest absolute Gasteiger partial charge is 0.493 e. The van der Waals surface area contributed by atoms with Crippen LogP contribution in [0.25, 0.3) is 0 Å². The van der Waals surface area contributed by atoms with Crippen molar-refractivity contribution < 1.29 is 28.6 Å². The number of carbonyl (C=O) groups is 3. The Morgan fingerprint density at radius 1 is 1.04 bits per heavy atom. The topological polar surface area (TPSA) is 103 Å². The lowest BCUT2D eigenvalue weighted by atomic mass is 10.1. The van der Waals surface area contributed by atoms with Crippen LogP contribution < -0.4 is 20.1 Å². The van der Waals surface area contributed by atoms with Gasteiger partial charge in [-0.15, -0.1) is 0 Å². The molecular weight excluding hydrogens is 316 g/mol. The summed E-state index contributed by atoms with van der Waals surface area (Å²) < 4.78 is 15.0. The van der Waals surface area contributed by atoms with Gasteiger partial charge in [0.25, 0.3) is 5.91 Å². The average molecular weight is 338 g/mol. The van der Waals surface area contributed by atoms with Gasteiger partial charge in [-0.3, -0.25) is 10.1 Å². The molecule has 0 bridgehead atoms. The summed E-state index contributed by atoms with van der Waals surface area (Å²) >= 11 is 0. The second-order valence-corrected chi connectivity index (χ2v) is 5.90. The van der Waals surface area contributed by atoms with Crippen LogP contribution in [0, 0.1) is 0 Å². The number of urea groups is 1. The second-order valence-electron chi connectivity index (χ2n) is 5.90. The first kappa shape index (κ1) is 19.3. The molecule has 8 heteroatoms. The monoisotopic (exact) mass is 338 g/mol. The Morgan fingerprint density at radius 3 is 2.21 bits per heavy atom. The maximum Gasteiger partial charge on any atom is 0.338 e. The van der Waals surface area contributed by atoms with E-state index in [1.807, 2.05) is 0 Å². The Kier molecular flexibility index (Phi) is 6.58. The normalized spacial score (nSPS) is 10.5. The highest BCUT2D eigenvalue weighted by molar-refractivity contribution is 5.97. The number of benzene rings is 1. The van der Waals surface area contributed by atoms with Crippen LogP contribution in [0.5, 0.6) is 11.5 Å². The predicted molar refractivity (Wildman–Crippen MR) is 86.3 cm³/mol. The van der Waals surface area contributed by atoms with Gasteiger partial charge < -0.3 is 19.5 Å². The zero-order chi connectivity index (χ0) is 18.3. The van der Waals surface area contributed by atoms with Gasteiger partial charge in [0.2, 0.25) is 0 Å². The molecule has 1 rings (SSSR count). The van der Waals surface area contributed by atoms with Gasteiger partial charge in [-0.1, -0.05) is 0 Å². The van der Waals surface area contributed by atoms with E-state index in [1.54, 1.807) is 26.8 Å². The molecule has 0 fully saturated rings. The van der Waals surface area contributed by atoms with E-state index in [4.69, 9.17) is 14.2 Å². The van der Waals surface area contributed by atoms with E-state index in [1.165, 1.54) is 26.4 Å². The number of carbonyl (C=O) groups excluding carboxylic acids is 3. The van der Waals surface area contributed by atoms with Crippen LogP contribution in [0.2, 0.25) is 0 Å². The van der Waals surface area contributed by atoms with Crippen LogP contribution in [0.3, 0.4) is 0 Å². The van der Waals surface area contributed by atoms with E-state index >= 15 is 0 Å². The first-order chi connectivity index (χ1) is 11.2. The van der Waals surface area contributed by atoms with Crippen molar-refractivity contribution in [3.05, 3.63) is 23.8 Å². The Balaban J connectivity index is 2.57. The van der Waals surface area contributed by atoms with Crippen LogP contribution in [0.4, 0.5) is 4.79 Å². The predicted octanol–water partition coefficient (Wildman–Crippen LogP) is 1.48. The van der Waals surface area contributed by atoms with E-state index in [0.717, 1.165) is 0 Å². The highest BCUT2D eigenvalue weighted by Gasteiger charge is 2.17. The molecule has 0 aromatic heterocycles. The molecule has 24 heavy (non-hydrogen) atoms. The molecule has 0 unspecified atom stereocenters. The number of nitrogens with one attached hydrogen (secondary N) is 2. The van der Waals surface area contributed by atoms with Gasteiger partial charge in [-0.2, -0.15) is 0 Å². The number of ether oxygens (including phenoxy) is 3. The molecule has 1 aromatic carbocycles. The summed E-state index contributed by atoms with van der Waals surface area (Å²) in [4.78, 5) is 35.1. The van der Waals surface area contributed by atoms with Gasteiger partial charge in [-0.25, -0.2) is 9.59 Å². The number of hydrogen-bond acceptors (Lipinski definition) is 6. The third-order valence-electron chi connectivity index (χ3n) is 2.70. The molecular formula is C16H22N2O6. The number of hydrogen-bond donors (Lipinski definition) is 2. The quantitative estimate of drug-likeness (QED) is 0.789. The van der Waals surface area contributed by atoms with Gasteiger partial charge in [0.05, 0.1) is 19.8 Å². The molecule has 0 aliphatic carbocycles. The Morgan fingerprint density at radius 2 is 1.67 bits per heavy atom. The summed E-state index contributed by atoms with van der Waals surface area (Å²) in [6.07, 6.45) is 0. The maximum absolute atomic E-state index is 11.9. The van der Waals surface area contributed by atoms with Crippen molar-refractivity contribution in [3.8, 4) is 11.5 Å². The van der Waals surface area contributed by atoms with Crippen molar-refractivity contribution in [3.63, 3.8) is 0 Å². The van der Waals surface area contributed by atoms with Crippen LogP contribution in [0.1, 0.15) is 31.1 Å². The zero-order valence-corrected chi connectivity index (χ0v) is 14.4. The van der Waals surface area contributed by atoms with Crippen molar-refractivity contribution in [2.75, 3.05) is 20.8 Å². The van der Waals surface area contributed by atoms with Gasteiger partial charge in [0.15, 0.2) is 18.1 Å². The smallest absolute Gasteiger partial charge is 0.338 e. The van der Waals surface area contributed by atoms with Crippen molar-refractivity contribution in [1.29, 1.82) is 0 Å². The summed E-state index contributed by atoms with van der Waals surface area (Å²) in [5, 5.41) is 4.63. The van der Waals surface area contributed by atoms with Crippen molar-refractivity contribution in [2.45, 2.75) is 26.3 Å². The third kappa shape index (κ3) is 6.15. The molecule has 0 saturated heterocycles. The number of methoxy groups -OCH3 is 2. The zero-order valence-electron chi connectivity index (χ0n) is 14.4. The van der Waals surface area contributed by atoms with E-state index in [-0.39, 0.29) is 5.56 Å². The SMILES string of the molecule is COc1ccc(C(=O)OCC(=O)NC(=O)NC(C)(C)C)cc1OC. The van der Waals surface area contributed by atoms with Crippen LogP contribution in [-0.4, -0.2) is 44.3 Å². The molecule has 0 aliphatic rings. The lowest BCUT2D eigenvalue weighted by molar-refractivity contribution is -0.123. The van der Waals surface area contributed by atoms with E-state index in [9.17, 15) is 14.4 Å². The lowest BCUT2D eigenvalue weighted by Gasteiger charge is -2.20. The van der Waals surface area contributed by atoms with Crippen LogP contribution in [0.15, 0.2) is 18.2 Å². The molecule has 0 aliphatic heterocycles. The molecule has 8 nitrogen and oxygen atoms in total. The molecule has 0 heterocycles. The number of rotatable bonds is 5.